The molecule has 7 heteroatoms. The van der Waals surface area contributed by atoms with E-state index in [4.69, 9.17) is 4.74 Å². The standard InChI is InChI=1S/C22H34O7/c1-11-7-8-15(21(5,6)29-14(4)23)9-16(24)13(3)19(26)17-18(25)12(2)10-22(17,28)20(11)27/h7-8,11-12,15-19,24-26,28H,3,9-10H2,1-2,4-6H3/b8-7+/t11-,12+,15-,16+,17-,18+,19+,22-/m1/s1. The number of hydrogen-bond acceptors (Lipinski definition) is 7. The van der Waals surface area contributed by atoms with Crippen LogP contribution in [0.5, 0.6) is 0 Å². The van der Waals surface area contributed by atoms with Gasteiger partial charge in [0.05, 0.1) is 24.2 Å². The molecule has 0 spiro atoms. The van der Waals surface area contributed by atoms with Gasteiger partial charge in [-0.15, -0.1) is 0 Å². The van der Waals surface area contributed by atoms with Gasteiger partial charge < -0.3 is 25.2 Å². The maximum atomic E-state index is 13.1. The Balaban J connectivity index is 2.51. The molecule has 8 atom stereocenters. The van der Waals surface area contributed by atoms with Crippen LogP contribution in [0, 0.1) is 23.7 Å². The van der Waals surface area contributed by atoms with Gasteiger partial charge in [0.2, 0.25) is 0 Å². The number of rotatable bonds is 2. The lowest BCUT2D eigenvalue weighted by Crippen LogP contribution is -2.52. The summed E-state index contributed by atoms with van der Waals surface area (Å²) in [4.78, 5) is 24.6. The summed E-state index contributed by atoms with van der Waals surface area (Å²) in [6.45, 7) is 11.8. The normalized spacial score (nSPS) is 42.7. The van der Waals surface area contributed by atoms with Gasteiger partial charge in [-0.2, -0.15) is 0 Å². The molecule has 1 saturated carbocycles. The number of carbonyl (C=O) groups is 2. The average molecular weight is 411 g/mol. The molecule has 7 nitrogen and oxygen atoms in total. The van der Waals surface area contributed by atoms with E-state index in [-0.39, 0.29) is 18.4 Å². The van der Waals surface area contributed by atoms with Crippen LogP contribution < -0.4 is 0 Å². The Bertz CT molecular complexity index is 697. The third kappa shape index (κ3) is 4.48. The van der Waals surface area contributed by atoms with Crippen molar-refractivity contribution in [2.45, 2.75) is 77.0 Å². The SMILES string of the molecule is C=C1[C@@H](O)C[C@H](C(C)(C)OC(C)=O)/C=C/[C@@H](C)C(=O)[C@@]2(O)C[C@H](C)[C@H](O)[C@@H]2[C@H]1O. The number of esters is 1. The van der Waals surface area contributed by atoms with Gasteiger partial charge in [-0.3, -0.25) is 9.59 Å². The van der Waals surface area contributed by atoms with E-state index in [1.54, 1.807) is 39.8 Å². The quantitative estimate of drug-likeness (QED) is 0.397. The van der Waals surface area contributed by atoms with E-state index in [0.717, 1.165) is 0 Å². The van der Waals surface area contributed by atoms with Gasteiger partial charge in [0.25, 0.3) is 0 Å². The Kier molecular flexibility index (Phi) is 6.79. The van der Waals surface area contributed by atoms with E-state index in [0.29, 0.717) is 0 Å². The topological polar surface area (TPSA) is 124 Å². The number of ether oxygens (including phenoxy) is 1. The van der Waals surface area contributed by atoms with Gasteiger partial charge in [-0.1, -0.05) is 32.6 Å². The van der Waals surface area contributed by atoms with Crippen LogP contribution in [0.4, 0.5) is 0 Å². The molecule has 164 valence electrons. The van der Waals surface area contributed by atoms with Gasteiger partial charge in [0.1, 0.15) is 11.2 Å². The summed E-state index contributed by atoms with van der Waals surface area (Å²) < 4.78 is 5.41. The first-order chi connectivity index (χ1) is 13.2. The zero-order valence-electron chi connectivity index (χ0n) is 17.8. The Morgan fingerprint density at radius 2 is 1.83 bits per heavy atom. The second-order valence-electron chi connectivity index (χ2n) is 9.23. The van der Waals surface area contributed by atoms with Crippen molar-refractivity contribution in [1.29, 1.82) is 0 Å². The molecule has 0 radical (unpaired) electrons. The molecule has 0 bridgehead atoms. The second kappa shape index (κ2) is 8.30. The highest BCUT2D eigenvalue weighted by Crippen LogP contribution is 2.46. The lowest BCUT2D eigenvalue weighted by atomic mass is 9.76. The first-order valence-corrected chi connectivity index (χ1v) is 10.1. The van der Waals surface area contributed by atoms with Crippen molar-refractivity contribution in [2.24, 2.45) is 23.7 Å². The van der Waals surface area contributed by atoms with Crippen molar-refractivity contribution in [1.82, 2.24) is 0 Å². The number of fused-ring (bicyclic) bond motifs is 1. The first kappa shape index (κ1) is 23.7. The molecule has 2 rings (SSSR count). The van der Waals surface area contributed by atoms with Crippen LogP contribution in [0.25, 0.3) is 0 Å². The molecule has 0 saturated heterocycles. The number of ketones is 1. The summed E-state index contributed by atoms with van der Waals surface area (Å²) in [5.74, 6) is -3.74. The van der Waals surface area contributed by atoms with Crippen LogP contribution in [-0.4, -0.2) is 61.7 Å². The maximum Gasteiger partial charge on any atom is 0.303 e. The Hall–Kier alpha value is -1.54. The van der Waals surface area contributed by atoms with Crippen LogP contribution in [0.2, 0.25) is 0 Å². The van der Waals surface area contributed by atoms with E-state index in [1.165, 1.54) is 6.92 Å². The van der Waals surface area contributed by atoms with E-state index >= 15 is 0 Å². The van der Waals surface area contributed by atoms with Crippen molar-refractivity contribution in [3.63, 3.8) is 0 Å². The zero-order valence-corrected chi connectivity index (χ0v) is 17.8. The Labute approximate surface area is 172 Å². The van der Waals surface area contributed by atoms with Gasteiger partial charge in [-0.05, 0) is 38.2 Å². The van der Waals surface area contributed by atoms with E-state index in [2.05, 4.69) is 6.58 Å². The smallest absolute Gasteiger partial charge is 0.303 e. The summed E-state index contributed by atoms with van der Waals surface area (Å²) in [6, 6.07) is 0. The highest BCUT2D eigenvalue weighted by molar-refractivity contribution is 5.91. The molecular formula is C22H34O7. The summed E-state index contributed by atoms with van der Waals surface area (Å²) in [7, 11) is 0. The van der Waals surface area contributed by atoms with Gasteiger partial charge >= 0.3 is 5.97 Å². The van der Waals surface area contributed by atoms with Crippen LogP contribution >= 0.6 is 0 Å². The van der Waals surface area contributed by atoms with Crippen LogP contribution in [0.3, 0.4) is 0 Å². The molecule has 29 heavy (non-hydrogen) atoms. The van der Waals surface area contributed by atoms with Crippen LogP contribution in [-0.2, 0) is 14.3 Å². The molecule has 0 heterocycles. The fourth-order valence-corrected chi connectivity index (χ4v) is 4.74. The predicted octanol–water partition coefficient (Wildman–Crippen LogP) is 1.14. The number of carbonyl (C=O) groups excluding carboxylic acids is 2. The molecule has 0 aliphatic heterocycles. The fraction of sp³-hybridized carbons (Fsp3) is 0.727. The zero-order chi connectivity index (χ0) is 22.3. The molecule has 2 aliphatic carbocycles. The number of hydrogen-bond donors (Lipinski definition) is 4. The monoisotopic (exact) mass is 410 g/mol. The maximum absolute atomic E-state index is 13.1. The molecule has 0 aromatic rings. The summed E-state index contributed by atoms with van der Waals surface area (Å²) in [5, 5.41) is 43.4. The minimum Gasteiger partial charge on any atom is -0.459 e. The lowest BCUT2D eigenvalue weighted by molar-refractivity contribution is -0.158. The molecule has 0 aromatic heterocycles. The van der Waals surface area contributed by atoms with Gasteiger partial charge in [0, 0.05) is 18.8 Å². The van der Waals surface area contributed by atoms with Gasteiger partial charge in [0.15, 0.2) is 5.78 Å². The molecule has 2 aliphatic rings. The average Bonchev–Trinajstić information content (AvgIpc) is 2.83. The number of Topliss-reactive ketones (excluding diaryl/α,β-unsaturated/α-hetero) is 1. The van der Waals surface area contributed by atoms with Crippen molar-refractivity contribution in [3.8, 4) is 0 Å². The minimum atomic E-state index is -1.93. The van der Waals surface area contributed by atoms with Crippen LogP contribution in [0.15, 0.2) is 24.3 Å². The van der Waals surface area contributed by atoms with E-state index in [9.17, 15) is 30.0 Å². The second-order valence-corrected chi connectivity index (χ2v) is 9.23. The van der Waals surface area contributed by atoms with Gasteiger partial charge in [-0.25, -0.2) is 0 Å². The predicted molar refractivity (Wildman–Crippen MR) is 107 cm³/mol. The van der Waals surface area contributed by atoms with E-state index < -0.39 is 64.9 Å². The minimum absolute atomic E-state index is 0.0126. The molecule has 4 N–H and O–H groups in total. The molecule has 1 fully saturated rings. The van der Waals surface area contributed by atoms with Crippen LogP contribution in [0.1, 0.15) is 47.5 Å². The van der Waals surface area contributed by atoms with Crippen molar-refractivity contribution in [3.05, 3.63) is 24.3 Å². The number of aliphatic hydroxyl groups is 4. The van der Waals surface area contributed by atoms with Crippen molar-refractivity contribution in [2.75, 3.05) is 0 Å². The Morgan fingerprint density at radius 1 is 1.24 bits per heavy atom. The van der Waals surface area contributed by atoms with Crippen molar-refractivity contribution < 1.29 is 34.8 Å². The summed E-state index contributed by atoms with van der Waals surface area (Å²) in [6.07, 6.45) is -0.355. The Morgan fingerprint density at radius 3 is 2.38 bits per heavy atom. The molecule has 0 aromatic carbocycles. The first-order valence-electron chi connectivity index (χ1n) is 10.1. The highest BCUT2D eigenvalue weighted by atomic mass is 16.6. The van der Waals surface area contributed by atoms with E-state index in [1.807, 2.05) is 0 Å². The summed E-state index contributed by atoms with van der Waals surface area (Å²) in [5.41, 5.74) is -2.90. The third-order valence-corrected chi connectivity index (χ3v) is 6.53. The largest absolute Gasteiger partial charge is 0.459 e. The van der Waals surface area contributed by atoms with Crippen molar-refractivity contribution >= 4 is 11.8 Å². The molecule has 0 amide bonds. The molecule has 0 unspecified atom stereocenters. The highest BCUT2D eigenvalue weighted by Gasteiger charge is 2.59. The number of allylic oxidation sites excluding steroid dienone is 1. The molecular weight excluding hydrogens is 376 g/mol. The summed E-state index contributed by atoms with van der Waals surface area (Å²) >= 11 is 0. The number of aliphatic hydroxyl groups excluding tert-OH is 3. The third-order valence-electron chi connectivity index (χ3n) is 6.53. The lowest BCUT2D eigenvalue weighted by Gasteiger charge is -2.36. The fourth-order valence-electron chi connectivity index (χ4n) is 4.74.